The SMILES string of the molecule is CC1=C(O)C(C=O)OC1c1c(F)cccc1Cl. The first-order valence-corrected chi connectivity index (χ1v) is 5.38. The van der Waals surface area contributed by atoms with E-state index in [-0.39, 0.29) is 16.3 Å². The Morgan fingerprint density at radius 2 is 2.24 bits per heavy atom. The van der Waals surface area contributed by atoms with Gasteiger partial charge < -0.3 is 9.84 Å². The van der Waals surface area contributed by atoms with Gasteiger partial charge in [-0.3, -0.25) is 4.79 Å². The largest absolute Gasteiger partial charge is 0.509 e. The van der Waals surface area contributed by atoms with E-state index < -0.39 is 18.0 Å². The van der Waals surface area contributed by atoms with Crippen molar-refractivity contribution in [1.29, 1.82) is 0 Å². The predicted octanol–water partition coefficient (Wildman–Crippen LogP) is 2.95. The zero-order chi connectivity index (χ0) is 12.6. The lowest BCUT2D eigenvalue weighted by molar-refractivity contribution is -0.117. The van der Waals surface area contributed by atoms with Gasteiger partial charge in [0.2, 0.25) is 0 Å². The molecule has 0 bridgehead atoms. The van der Waals surface area contributed by atoms with Crippen molar-refractivity contribution in [3.63, 3.8) is 0 Å². The smallest absolute Gasteiger partial charge is 0.170 e. The number of hydrogen-bond acceptors (Lipinski definition) is 3. The van der Waals surface area contributed by atoms with Gasteiger partial charge in [-0.25, -0.2) is 4.39 Å². The zero-order valence-electron chi connectivity index (χ0n) is 8.98. The minimum Gasteiger partial charge on any atom is -0.509 e. The molecule has 2 unspecified atom stereocenters. The van der Waals surface area contributed by atoms with Crippen molar-refractivity contribution in [3.05, 3.63) is 45.9 Å². The van der Waals surface area contributed by atoms with E-state index in [0.29, 0.717) is 11.9 Å². The third-order valence-corrected chi connectivity index (χ3v) is 3.06. The normalized spacial score (nSPS) is 24.2. The van der Waals surface area contributed by atoms with Crippen molar-refractivity contribution in [2.24, 2.45) is 0 Å². The topological polar surface area (TPSA) is 46.5 Å². The quantitative estimate of drug-likeness (QED) is 0.828. The molecule has 0 saturated carbocycles. The second-order valence-electron chi connectivity index (χ2n) is 3.78. The molecule has 1 aromatic carbocycles. The van der Waals surface area contributed by atoms with Gasteiger partial charge in [-0.15, -0.1) is 0 Å². The Kier molecular flexibility index (Phi) is 3.17. The molecule has 0 amide bonds. The van der Waals surface area contributed by atoms with Gasteiger partial charge in [-0.05, 0) is 19.1 Å². The van der Waals surface area contributed by atoms with E-state index in [0.717, 1.165) is 0 Å². The number of aldehydes is 1. The Morgan fingerprint density at radius 3 is 2.76 bits per heavy atom. The molecule has 17 heavy (non-hydrogen) atoms. The summed E-state index contributed by atoms with van der Waals surface area (Å²) in [5.74, 6) is -0.703. The summed E-state index contributed by atoms with van der Waals surface area (Å²) in [5.41, 5.74) is 0.539. The standard InChI is InChI=1S/C12H10ClFO3/c1-6-11(16)9(5-15)17-12(6)10-7(13)3-2-4-8(10)14/h2-5,9,12,16H,1H3. The van der Waals surface area contributed by atoms with Crippen LogP contribution in [0.25, 0.3) is 0 Å². The molecule has 2 rings (SSSR count). The van der Waals surface area contributed by atoms with Gasteiger partial charge in [0.15, 0.2) is 12.4 Å². The molecule has 1 aromatic rings. The molecule has 1 aliphatic rings. The Labute approximate surface area is 102 Å². The number of aliphatic hydroxyl groups is 1. The summed E-state index contributed by atoms with van der Waals surface area (Å²) in [5, 5.41) is 9.83. The van der Waals surface area contributed by atoms with Gasteiger partial charge in [0, 0.05) is 16.2 Å². The van der Waals surface area contributed by atoms with Crippen LogP contribution in [0.5, 0.6) is 0 Å². The van der Waals surface area contributed by atoms with Crippen molar-refractivity contribution >= 4 is 17.9 Å². The molecule has 0 radical (unpaired) electrons. The van der Waals surface area contributed by atoms with Crippen LogP contribution >= 0.6 is 11.6 Å². The molecule has 0 aromatic heterocycles. The molecule has 1 heterocycles. The lowest BCUT2D eigenvalue weighted by Crippen LogP contribution is -2.13. The highest BCUT2D eigenvalue weighted by atomic mass is 35.5. The monoisotopic (exact) mass is 256 g/mol. The van der Waals surface area contributed by atoms with Crippen LogP contribution in [0.4, 0.5) is 4.39 Å². The van der Waals surface area contributed by atoms with Crippen molar-refractivity contribution in [3.8, 4) is 0 Å². The summed E-state index contributed by atoms with van der Waals surface area (Å²) in [7, 11) is 0. The first kappa shape index (κ1) is 12.1. The molecule has 0 spiro atoms. The number of rotatable bonds is 2. The van der Waals surface area contributed by atoms with E-state index in [4.69, 9.17) is 16.3 Å². The second kappa shape index (κ2) is 4.47. The van der Waals surface area contributed by atoms with E-state index >= 15 is 0 Å². The molecule has 2 atom stereocenters. The molecule has 0 saturated heterocycles. The summed E-state index contributed by atoms with van der Waals surface area (Å²) in [6, 6.07) is 4.26. The van der Waals surface area contributed by atoms with E-state index in [2.05, 4.69) is 0 Å². The van der Waals surface area contributed by atoms with Crippen molar-refractivity contribution < 1.29 is 19.0 Å². The number of hydrogen-bond donors (Lipinski definition) is 1. The van der Waals surface area contributed by atoms with E-state index in [1.165, 1.54) is 18.2 Å². The van der Waals surface area contributed by atoms with Gasteiger partial charge in [0.25, 0.3) is 0 Å². The summed E-state index contributed by atoms with van der Waals surface area (Å²) >= 11 is 5.90. The molecular weight excluding hydrogens is 247 g/mol. The molecule has 0 aliphatic carbocycles. The van der Waals surface area contributed by atoms with E-state index in [9.17, 15) is 14.3 Å². The lowest BCUT2D eigenvalue weighted by atomic mass is 10.0. The molecule has 3 nitrogen and oxygen atoms in total. The Morgan fingerprint density at radius 1 is 1.53 bits per heavy atom. The molecule has 1 N–H and O–H groups in total. The summed E-state index contributed by atoms with van der Waals surface area (Å²) in [6.45, 7) is 1.58. The fourth-order valence-electron chi connectivity index (χ4n) is 1.81. The summed E-state index contributed by atoms with van der Waals surface area (Å²) < 4.78 is 18.9. The number of aliphatic hydroxyl groups excluding tert-OH is 1. The van der Waals surface area contributed by atoms with Crippen LogP contribution in [0.3, 0.4) is 0 Å². The highest BCUT2D eigenvalue weighted by molar-refractivity contribution is 6.31. The minimum absolute atomic E-state index is 0.141. The summed E-state index contributed by atoms with van der Waals surface area (Å²) in [4.78, 5) is 10.7. The third kappa shape index (κ3) is 1.94. The van der Waals surface area contributed by atoms with Gasteiger partial charge >= 0.3 is 0 Å². The second-order valence-corrected chi connectivity index (χ2v) is 4.18. The average molecular weight is 257 g/mol. The third-order valence-electron chi connectivity index (χ3n) is 2.73. The maximum Gasteiger partial charge on any atom is 0.170 e. The number of halogens is 2. The van der Waals surface area contributed by atoms with E-state index in [1.54, 1.807) is 6.92 Å². The first-order chi connectivity index (χ1) is 8.06. The van der Waals surface area contributed by atoms with Crippen LogP contribution in [-0.2, 0) is 9.53 Å². The van der Waals surface area contributed by atoms with Crippen LogP contribution in [0.2, 0.25) is 5.02 Å². The zero-order valence-corrected chi connectivity index (χ0v) is 9.74. The molecule has 1 aliphatic heterocycles. The van der Waals surface area contributed by atoms with Crippen LogP contribution in [-0.4, -0.2) is 17.5 Å². The van der Waals surface area contributed by atoms with Crippen LogP contribution in [0, 0.1) is 5.82 Å². The van der Waals surface area contributed by atoms with Gasteiger partial charge in [0.05, 0.1) is 0 Å². The minimum atomic E-state index is -1.05. The molecule has 90 valence electrons. The van der Waals surface area contributed by atoms with Crippen molar-refractivity contribution in [2.75, 3.05) is 0 Å². The summed E-state index contributed by atoms with van der Waals surface area (Å²) in [6.07, 6.45) is -1.40. The van der Waals surface area contributed by atoms with Gasteiger partial charge in [0.1, 0.15) is 17.7 Å². The molecular formula is C12H10ClFO3. The fourth-order valence-corrected chi connectivity index (χ4v) is 2.08. The maximum absolute atomic E-state index is 13.7. The fraction of sp³-hybridized carbons (Fsp3) is 0.250. The highest BCUT2D eigenvalue weighted by Gasteiger charge is 2.35. The maximum atomic E-state index is 13.7. The number of benzene rings is 1. The van der Waals surface area contributed by atoms with Gasteiger partial charge in [-0.1, -0.05) is 17.7 Å². The van der Waals surface area contributed by atoms with Crippen LogP contribution in [0.15, 0.2) is 29.5 Å². The number of carbonyl (C=O) groups excluding carboxylic acids is 1. The predicted molar refractivity (Wildman–Crippen MR) is 60.4 cm³/mol. The highest BCUT2D eigenvalue weighted by Crippen LogP contribution is 2.40. The van der Waals surface area contributed by atoms with Crippen LogP contribution in [0.1, 0.15) is 18.6 Å². The molecule has 5 heteroatoms. The Balaban J connectivity index is 2.47. The first-order valence-electron chi connectivity index (χ1n) is 5.00. The van der Waals surface area contributed by atoms with Crippen LogP contribution < -0.4 is 0 Å². The Hall–Kier alpha value is -1.39. The number of carbonyl (C=O) groups is 1. The van der Waals surface area contributed by atoms with Gasteiger partial charge in [-0.2, -0.15) is 0 Å². The lowest BCUT2D eigenvalue weighted by Gasteiger charge is -2.15. The van der Waals surface area contributed by atoms with Crippen molar-refractivity contribution in [2.45, 2.75) is 19.1 Å². The van der Waals surface area contributed by atoms with Crippen molar-refractivity contribution in [1.82, 2.24) is 0 Å². The van der Waals surface area contributed by atoms with E-state index in [1.807, 2.05) is 0 Å². The number of ether oxygens (including phenoxy) is 1. The Bertz CT molecular complexity index is 478. The molecule has 0 fully saturated rings. The average Bonchev–Trinajstić information content (AvgIpc) is 2.57.